The Kier molecular flexibility index (Phi) is 5.52. The lowest BCUT2D eigenvalue weighted by atomic mass is 10.1. The zero-order valence-corrected chi connectivity index (χ0v) is 13.0. The average molecular weight is 284 g/mol. The topological polar surface area (TPSA) is 58.2 Å². The highest BCUT2D eigenvalue weighted by Crippen LogP contribution is 2.10. The molecule has 0 bridgehead atoms. The van der Waals surface area contributed by atoms with Gasteiger partial charge in [0.1, 0.15) is 0 Å². The van der Waals surface area contributed by atoms with Crippen molar-refractivity contribution < 1.29 is 8.42 Å². The van der Waals surface area contributed by atoms with Crippen molar-refractivity contribution in [2.24, 2.45) is 0 Å². The zero-order chi connectivity index (χ0) is 14.5. The molecular formula is C14H24N2O2S. The van der Waals surface area contributed by atoms with E-state index < -0.39 is 15.6 Å². The maximum Gasteiger partial charge on any atom is 0.216 e. The number of sulfonamides is 1. The maximum atomic E-state index is 11.9. The fourth-order valence-electron chi connectivity index (χ4n) is 1.74. The van der Waals surface area contributed by atoms with Crippen LogP contribution in [0.5, 0.6) is 0 Å². The van der Waals surface area contributed by atoms with E-state index in [1.807, 2.05) is 45.0 Å². The van der Waals surface area contributed by atoms with E-state index in [0.717, 1.165) is 24.2 Å². The van der Waals surface area contributed by atoms with Crippen LogP contribution in [0.25, 0.3) is 0 Å². The normalized spacial score (nSPS) is 12.6. The molecule has 5 heteroatoms. The number of hydrogen-bond acceptors (Lipinski definition) is 3. The molecule has 0 aliphatic carbocycles. The van der Waals surface area contributed by atoms with E-state index >= 15 is 0 Å². The molecule has 1 aromatic carbocycles. The third-order valence-electron chi connectivity index (χ3n) is 2.42. The molecular weight excluding hydrogens is 260 g/mol. The number of rotatable bonds is 6. The van der Waals surface area contributed by atoms with Gasteiger partial charge in [-0.05, 0) is 38.4 Å². The van der Waals surface area contributed by atoms with Gasteiger partial charge >= 0.3 is 0 Å². The molecule has 0 radical (unpaired) electrons. The molecule has 2 N–H and O–H groups in total. The molecule has 0 amide bonds. The van der Waals surface area contributed by atoms with Crippen molar-refractivity contribution in [2.45, 2.75) is 45.5 Å². The van der Waals surface area contributed by atoms with Crippen molar-refractivity contribution in [3.05, 3.63) is 35.4 Å². The van der Waals surface area contributed by atoms with E-state index in [2.05, 4.69) is 17.0 Å². The fraction of sp³-hybridized carbons (Fsp3) is 0.571. The highest BCUT2D eigenvalue weighted by molar-refractivity contribution is 7.88. The van der Waals surface area contributed by atoms with Crippen molar-refractivity contribution in [1.29, 1.82) is 0 Å². The Bertz CT molecular complexity index is 487. The molecule has 0 unspecified atom stereocenters. The van der Waals surface area contributed by atoms with Gasteiger partial charge in [0.15, 0.2) is 0 Å². The number of hydrogen-bond donors (Lipinski definition) is 2. The van der Waals surface area contributed by atoms with Gasteiger partial charge in [0.2, 0.25) is 10.0 Å². The van der Waals surface area contributed by atoms with Gasteiger partial charge in [-0.25, -0.2) is 13.1 Å². The predicted octanol–water partition coefficient (Wildman–Crippen LogP) is 2.01. The van der Waals surface area contributed by atoms with Crippen LogP contribution in [0.2, 0.25) is 0 Å². The molecule has 0 aliphatic rings. The third kappa shape index (κ3) is 6.71. The van der Waals surface area contributed by atoms with Gasteiger partial charge in [0.05, 0.1) is 5.75 Å². The van der Waals surface area contributed by atoms with Crippen LogP contribution in [0.3, 0.4) is 0 Å². The predicted molar refractivity (Wildman–Crippen MR) is 79.3 cm³/mol. The number of nitrogens with one attached hydrogen (secondary N) is 2. The van der Waals surface area contributed by atoms with Gasteiger partial charge < -0.3 is 5.32 Å². The standard InChI is InChI=1S/C14H24N2O2S/c1-5-15-10-12-6-8-13(9-7-12)11-19(17,18)16-14(2,3)4/h6-9,15-16H,5,10-11H2,1-4H3. The molecule has 0 saturated heterocycles. The first-order valence-corrected chi connectivity index (χ1v) is 8.17. The first-order valence-electron chi connectivity index (χ1n) is 6.52. The van der Waals surface area contributed by atoms with E-state index in [-0.39, 0.29) is 5.75 Å². The smallest absolute Gasteiger partial charge is 0.216 e. The van der Waals surface area contributed by atoms with E-state index in [4.69, 9.17) is 0 Å². The second kappa shape index (κ2) is 6.50. The van der Waals surface area contributed by atoms with Crippen LogP contribution in [0, 0.1) is 0 Å². The van der Waals surface area contributed by atoms with E-state index in [0.29, 0.717) is 0 Å². The molecule has 0 spiro atoms. The molecule has 0 heterocycles. The lowest BCUT2D eigenvalue weighted by molar-refractivity contribution is 0.491. The highest BCUT2D eigenvalue weighted by Gasteiger charge is 2.20. The van der Waals surface area contributed by atoms with Gasteiger partial charge in [-0.15, -0.1) is 0 Å². The SMILES string of the molecule is CCNCc1ccc(CS(=O)(=O)NC(C)(C)C)cc1. The van der Waals surface area contributed by atoms with Gasteiger partial charge in [-0.1, -0.05) is 31.2 Å². The quantitative estimate of drug-likeness (QED) is 0.840. The number of benzene rings is 1. The summed E-state index contributed by atoms with van der Waals surface area (Å²) < 4.78 is 26.6. The largest absolute Gasteiger partial charge is 0.313 e. The van der Waals surface area contributed by atoms with Gasteiger partial charge in [-0.2, -0.15) is 0 Å². The Morgan fingerprint density at radius 3 is 2.05 bits per heavy atom. The van der Waals surface area contributed by atoms with Crippen molar-refractivity contribution >= 4 is 10.0 Å². The third-order valence-corrected chi connectivity index (χ3v) is 4.06. The minimum absolute atomic E-state index is 0.0196. The lowest BCUT2D eigenvalue weighted by Gasteiger charge is -2.20. The summed E-state index contributed by atoms with van der Waals surface area (Å²) in [5, 5.41) is 3.23. The molecule has 0 aliphatic heterocycles. The summed E-state index contributed by atoms with van der Waals surface area (Å²) in [7, 11) is -3.29. The fourth-order valence-corrected chi connectivity index (χ4v) is 3.38. The summed E-state index contributed by atoms with van der Waals surface area (Å²) >= 11 is 0. The van der Waals surface area contributed by atoms with Crippen LogP contribution in [-0.4, -0.2) is 20.5 Å². The molecule has 108 valence electrons. The van der Waals surface area contributed by atoms with Crippen LogP contribution in [0.15, 0.2) is 24.3 Å². The Balaban J connectivity index is 2.67. The molecule has 0 aromatic heterocycles. The Labute approximate surface area is 116 Å². The van der Waals surface area contributed by atoms with Crippen molar-refractivity contribution in [1.82, 2.24) is 10.0 Å². The van der Waals surface area contributed by atoms with E-state index in [1.165, 1.54) is 0 Å². The Morgan fingerprint density at radius 1 is 1.05 bits per heavy atom. The van der Waals surface area contributed by atoms with Crippen LogP contribution >= 0.6 is 0 Å². The van der Waals surface area contributed by atoms with Crippen molar-refractivity contribution in [2.75, 3.05) is 6.54 Å². The minimum atomic E-state index is -3.29. The van der Waals surface area contributed by atoms with Crippen molar-refractivity contribution in [3.8, 4) is 0 Å². The summed E-state index contributed by atoms with van der Waals surface area (Å²) in [6.45, 7) is 9.30. The minimum Gasteiger partial charge on any atom is -0.313 e. The molecule has 0 saturated carbocycles. The van der Waals surface area contributed by atoms with Gasteiger partial charge in [-0.3, -0.25) is 0 Å². The van der Waals surface area contributed by atoms with Crippen molar-refractivity contribution in [3.63, 3.8) is 0 Å². The summed E-state index contributed by atoms with van der Waals surface area (Å²) in [5.74, 6) is 0.0196. The first-order chi connectivity index (χ1) is 8.72. The lowest BCUT2D eigenvalue weighted by Crippen LogP contribution is -2.41. The average Bonchev–Trinajstić information content (AvgIpc) is 2.24. The summed E-state index contributed by atoms with van der Waals surface area (Å²) in [6.07, 6.45) is 0. The molecule has 1 aromatic rings. The summed E-state index contributed by atoms with van der Waals surface area (Å²) in [4.78, 5) is 0. The first kappa shape index (κ1) is 16.1. The molecule has 4 nitrogen and oxygen atoms in total. The highest BCUT2D eigenvalue weighted by atomic mass is 32.2. The van der Waals surface area contributed by atoms with E-state index in [9.17, 15) is 8.42 Å². The Hall–Kier alpha value is -0.910. The second-order valence-electron chi connectivity index (χ2n) is 5.71. The second-order valence-corrected chi connectivity index (χ2v) is 7.43. The van der Waals surface area contributed by atoms with Crippen LogP contribution in [-0.2, 0) is 22.3 Å². The molecule has 1 rings (SSSR count). The summed E-state index contributed by atoms with van der Waals surface area (Å²) in [5.41, 5.74) is 1.52. The van der Waals surface area contributed by atoms with Gasteiger partial charge in [0.25, 0.3) is 0 Å². The van der Waals surface area contributed by atoms with Crippen LogP contribution < -0.4 is 10.0 Å². The Morgan fingerprint density at radius 2 is 1.58 bits per heavy atom. The van der Waals surface area contributed by atoms with Crippen LogP contribution in [0.4, 0.5) is 0 Å². The van der Waals surface area contributed by atoms with E-state index in [1.54, 1.807) is 0 Å². The molecule has 19 heavy (non-hydrogen) atoms. The van der Waals surface area contributed by atoms with Gasteiger partial charge in [0, 0.05) is 12.1 Å². The molecule has 0 fully saturated rings. The monoisotopic (exact) mass is 284 g/mol. The van der Waals surface area contributed by atoms with Crippen LogP contribution in [0.1, 0.15) is 38.8 Å². The molecule has 0 atom stereocenters. The zero-order valence-electron chi connectivity index (χ0n) is 12.2. The summed E-state index contributed by atoms with van der Waals surface area (Å²) in [6, 6.07) is 7.67. The maximum absolute atomic E-state index is 11.9.